The third kappa shape index (κ3) is 5.52. The van der Waals surface area contributed by atoms with Crippen molar-refractivity contribution in [2.45, 2.75) is 38.0 Å². The molecule has 2 heterocycles. The molecule has 0 radical (unpaired) electrons. The predicted molar refractivity (Wildman–Crippen MR) is 111 cm³/mol. The fourth-order valence-corrected chi connectivity index (χ4v) is 5.05. The first-order valence-electron chi connectivity index (χ1n) is 8.99. The van der Waals surface area contributed by atoms with Gasteiger partial charge in [-0.15, -0.1) is 11.3 Å². The first-order valence-corrected chi connectivity index (χ1v) is 11.7. The maximum Gasteiger partial charge on any atom is 0.333 e. The Labute approximate surface area is 182 Å². The second kappa shape index (κ2) is 9.22. The van der Waals surface area contributed by atoms with Crippen molar-refractivity contribution in [3.63, 3.8) is 0 Å². The van der Waals surface area contributed by atoms with Crippen molar-refractivity contribution in [3.8, 4) is 0 Å². The molecule has 0 spiro atoms. The van der Waals surface area contributed by atoms with E-state index in [4.69, 9.17) is 16.7 Å². The number of halogens is 1. The molecule has 0 bridgehead atoms. The lowest BCUT2D eigenvalue weighted by atomic mass is 10.1. The monoisotopic (exact) mass is 476 g/mol. The summed E-state index contributed by atoms with van der Waals surface area (Å²) in [5.74, 6) is -0.514. The third-order valence-corrected chi connectivity index (χ3v) is 6.64. The molecule has 0 amide bonds. The molecule has 1 saturated carbocycles. The summed E-state index contributed by atoms with van der Waals surface area (Å²) in [5, 5.41) is 27.9. The number of hydrogen-bond acceptors (Lipinski definition) is 10. The quantitative estimate of drug-likeness (QED) is 0.410. The molecule has 1 aliphatic rings. The van der Waals surface area contributed by atoms with E-state index < -0.39 is 28.4 Å². The minimum absolute atomic E-state index is 0.214. The maximum atomic E-state index is 13.0. The zero-order chi connectivity index (χ0) is 22.1. The second-order valence-electron chi connectivity index (χ2n) is 7.05. The number of nitrogens with one attached hydrogen (secondary N) is 1. The average molecular weight is 477 g/mol. The average Bonchev–Trinajstić information content (AvgIpc) is 3.22. The van der Waals surface area contributed by atoms with Crippen LogP contribution in [0, 0.1) is 5.92 Å². The summed E-state index contributed by atoms with van der Waals surface area (Å²) in [6.07, 6.45) is 1.76. The van der Waals surface area contributed by atoms with Crippen LogP contribution in [0.4, 0.5) is 5.82 Å². The van der Waals surface area contributed by atoms with Crippen LogP contribution >= 0.6 is 22.9 Å². The van der Waals surface area contributed by atoms with Gasteiger partial charge in [0.05, 0.1) is 33.6 Å². The van der Waals surface area contributed by atoms with E-state index in [1.165, 1.54) is 18.6 Å². The van der Waals surface area contributed by atoms with Crippen LogP contribution in [0.2, 0.25) is 4.34 Å². The predicted octanol–water partition coefficient (Wildman–Crippen LogP) is 1.25. The Morgan fingerprint density at radius 3 is 2.87 bits per heavy atom. The van der Waals surface area contributed by atoms with Crippen LogP contribution in [0.5, 0.6) is 0 Å². The molecule has 0 aliphatic heterocycles. The summed E-state index contributed by atoms with van der Waals surface area (Å²) in [6, 6.07) is 1.27. The Hall–Kier alpha value is -1.67. The van der Waals surface area contributed by atoms with Gasteiger partial charge < -0.3 is 15.5 Å². The SMILES string of the molecule is CC(O)c1cc(C(=O)c2cncnc2N[C@@H]2C[C@H](COS(N)(=O)=O)[C@@H](O)C2)sc1Cl. The minimum Gasteiger partial charge on any atom is -0.393 e. The number of nitrogens with two attached hydrogens (primary N) is 1. The van der Waals surface area contributed by atoms with Gasteiger partial charge in [0.1, 0.15) is 12.1 Å². The number of thiophene rings is 1. The van der Waals surface area contributed by atoms with Crippen molar-refractivity contribution in [2.24, 2.45) is 11.1 Å². The summed E-state index contributed by atoms with van der Waals surface area (Å²) in [5.41, 5.74) is 0.680. The number of anilines is 1. The molecule has 1 unspecified atom stereocenters. The number of hydrogen-bond donors (Lipinski definition) is 4. The molecule has 10 nitrogen and oxygen atoms in total. The van der Waals surface area contributed by atoms with Gasteiger partial charge in [0.2, 0.25) is 5.78 Å². The first kappa shape index (κ1) is 23.0. The molecule has 0 saturated heterocycles. The molecule has 2 aromatic rings. The van der Waals surface area contributed by atoms with Gasteiger partial charge in [0.15, 0.2) is 0 Å². The number of ketones is 1. The molecular formula is C17H21ClN4O6S2. The molecule has 5 N–H and O–H groups in total. The van der Waals surface area contributed by atoms with Gasteiger partial charge in [-0.05, 0) is 25.8 Å². The Balaban J connectivity index is 1.74. The van der Waals surface area contributed by atoms with Crippen LogP contribution in [0.15, 0.2) is 18.6 Å². The number of nitrogens with zero attached hydrogens (tertiary/aromatic N) is 2. The lowest BCUT2D eigenvalue weighted by Gasteiger charge is -2.15. The van der Waals surface area contributed by atoms with Gasteiger partial charge in [-0.2, -0.15) is 8.42 Å². The number of carbonyl (C=O) groups is 1. The standard InChI is InChI=1S/C17H21ClN4O6S2/c1-8(23)11-4-14(29-16(11)18)15(25)12-5-20-7-21-17(12)22-10-2-9(13(24)3-10)6-28-30(19,26)27/h4-5,7-10,13,23-24H,2-3,6H2,1H3,(H2,19,26,27)(H,20,21,22)/t8?,9-,10-,13+/m1/s1. The van der Waals surface area contributed by atoms with Gasteiger partial charge in [-0.25, -0.2) is 15.1 Å². The van der Waals surface area contributed by atoms with Crippen molar-refractivity contribution >= 4 is 44.8 Å². The molecule has 30 heavy (non-hydrogen) atoms. The number of carbonyl (C=O) groups excluding carboxylic acids is 1. The lowest BCUT2D eigenvalue weighted by molar-refractivity contribution is 0.101. The molecule has 1 fully saturated rings. The number of aliphatic hydroxyl groups is 2. The van der Waals surface area contributed by atoms with Crippen molar-refractivity contribution in [3.05, 3.63) is 38.9 Å². The molecule has 3 rings (SSSR count). The molecule has 2 aromatic heterocycles. The second-order valence-corrected chi connectivity index (χ2v) is 9.92. The highest BCUT2D eigenvalue weighted by atomic mass is 35.5. The summed E-state index contributed by atoms with van der Waals surface area (Å²) in [4.78, 5) is 21.4. The minimum atomic E-state index is -4.09. The highest BCUT2D eigenvalue weighted by Crippen LogP contribution is 2.34. The lowest BCUT2D eigenvalue weighted by Crippen LogP contribution is -2.24. The van der Waals surface area contributed by atoms with Crippen LogP contribution in [-0.2, 0) is 14.5 Å². The van der Waals surface area contributed by atoms with Gasteiger partial charge in [0, 0.05) is 23.7 Å². The number of aliphatic hydroxyl groups excluding tert-OH is 2. The molecule has 0 aromatic carbocycles. The molecular weight excluding hydrogens is 456 g/mol. The Bertz CT molecular complexity index is 1030. The van der Waals surface area contributed by atoms with Gasteiger partial charge in [-0.1, -0.05) is 11.6 Å². The van der Waals surface area contributed by atoms with Crippen LogP contribution in [-0.4, -0.2) is 53.1 Å². The van der Waals surface area contributed by atoms with Crippen LogP contribution in [0.3, 0.4) is 0 Å². The molecule has 4 atom stereocenters. The normalized spacial score (nSPS) is 22.8. The number of rotatable bonds is 8. The summed E-state index contributed by atoms with van der Waals surface area (Å²) in [6.45, 7) is 1.33. The van der Waals surface area contributed by atoms with Gasteiger partial charge in [0.25, 0.3) is 0 Å². The summed E-state index contributed by atoms with van der Waals surface area (Å²) in [7, 11) is -4.09. The summed E-state index contributed by atoms with van der Waals surface area (Å²) < 4.78 is 26.9. The Morgan fingerprint density at radius 1 is 1.50 bits per heavy atom. The van der Waals surface area contributed by atoms with E-state index in [-0.39, 0.29) is 29.8 Å². The van der Waals surface area contributed by atoms with E-state index in [1.807, 2.05) is 0 Å². The largest absolute Gasteiger partial charge is 0.393 e. The van der Waals surface area contributed by atoms with Crippen LogP contribution < -0.4 is 10.5 Å². The Morgan fingerprint density at radius 2 is 2.23 bits per heavy atom. The molecule has 164 valence electrons. The Kier molecular flexibility index (Phi) is 7.07. The first-order chi connectivity index (χ1) is 14.0. The zero-order valence-electron chi connectivity index (χ0n) is 15.9. The number of aromatic nitrogens is 2. The van der Waals surface area contributed by atoms with Gasteiger partial charge >= 0.3 is 10.3 Å². The zero-order valence-corrected chi connectivity index (χ0v) is 18.2. The highest BCUT2D eigenvalue weighted by molar-refractivity contribution is 7.84. The van der Waals surface area contributed by atoms with E-state index >= 15 is 0 Å². The van der Waals surface area contributed by atoms with Crippen molar-refractivity contribution in [1.82, 2.24) is 9.97 Å². The van der Waals surface area contributed by atoms with E-state index in [2.05, 4.69) is 19.5 Å². The van der Waals surface area contributed by atoms with E-state index in [0.717, 1.165) is 11.3 Å². The fraction of sp³-hybridized carbons (Fsp3) is 0.471. The molecule has 13 heteroatoms. The van der Waals surface area contributed by atoms with Gasteiger partial charge in [-0.3, -0.25) is 8.98 Å². The van der Waals surface area contributed by atoms with E-state index in [9.17, 15) is 23.4 Å². The van der Waals surface area contributed by atoms with E-state index in [1.54, 1.807) is 6.92 Å². The fourth-order valence-electron chi connectivity index (χ4n) is 3.30. The smallest absolute Gasteiger partial charge is 0.333 e. The van der Waals surface area contributed by atoms with E-state index in [0.29, 0.717) is 27.6 Å². The van der Waals surface area contributed by atoms with Crippen LogP contribution in [0.25, 0.3) is 0 Å². The van der Waals surface area contributed by atoms with Crippen molar-refractivity contribution in [1.29, 1.82) is 0 Å². The van der Waals surface area contributed by atoms with Crippen LogP contribution in [0.1, 0.15) is 46.7 Å². The topological polar surface area (TPSA) is 165 Å². The van der Waals surface area contributed by atoms with Crippen molar-refractivity contribution in [2.75, 3.05) is 11.9 Å². The maximum absolute atomic E-state index is 13.0. The highest BCUT2D eigenvalue weighted by Gasteiger charge is 2.35. The third-order valence-electron chi connectivity index (χ3n) is 4.79. The molecule has 1 aliphatic carbocycles. The summed E-state index contributed by atoms with van der Waals surface area (Å²) >= 11 is 7.16. The van der Waals surface area contributed by atoms with Crippen molar-refractivity contribution < 1.29 is 27.6 Å².